The lowest BCUT2D eigenvalue weighted by molar-refractivity contribution is 0.113. The lowest BCUT2D eigenvalue weighted by atomic mass is 9.74. The zero-order chi connectivity index (χ0) is 13.0. The Bertz CT molecular complexity index is 393. The van der Waals surface area contributed by atoms with Gasteiger partial charge in [-0.2, -0.15) is 0 Å². The van der Waals surface area contributed by atoms with Crippen molar-refractivity contribution in [2.24, 2.45) is 0 Å². The number of allylic oxidation sites excluding steroid dienone is 2. The van der Waals surface area contributed by atoms with Crippen LogP contribution in [0.4, 0.5) is 0 Å². The molecule has 0 atom stereocenters. The van der Waals surface area contributed by atoms with E-state index in [0.717, 1.165) is 0 Å². The monoisotopic (exact) mass is 243 g/mol. The molecule has 0 spiro atoms. The minimum atomic E-state index is 0.242. The standard InChI is InChI=1S/C17H25N/c1-4-8-15-11-13-17(14-12-15,18(2)3)16-9-6-5-7-10-16/h5-10H,4,11-14H2,1-3H3. The zero-order valence-corrected chi connectivity index (χ0v) is 11.9. The van der Waals surface area contributed by atoms with Gasteiger partial charge in [0.05, 0.1) is 0 Å². The van der Waals surface area contributed by atoms with Gasteiger partial charge in [-0.15, -0.1) is 0 Å². The van der Waals surface area contributed by atoms with Crippen LogP contribution in [0.15, 0.2) is 42.0 Å². The summed E-state index contributed by atoms with van der Waals surface area (Å²) >= 11 is 0. The van der Waals surface area contributed by atoms with Gasteiger partial charge in [0.2, 0.25) is 0 Å². The molecule has 1 heteroatoms. The van der Waals surface area contributed by atoms with E-state index >= 15 is 0 Å². The first kappa shape index (κ1) is 13.4. The van der Waals surface area contributed by atoms with E-state index in [9.17, 15) is 0 Å². The minimum Gasteiger partial charge on any atom is -0.300 e. The van der Waals surface area contributed by atoms with Crippen molar-refractivity contribution in [3.05, 3.63) is 47.5 Å². The number of hydrogen-bond donors (Lipinski definition) is 0. The van der Waals surface area contributed by atoms with Crippen LogP contribution in [0.5, 0.6) is 0 Å². The fraction of sp³-hybridized carbons (Fsp3) is 0.529. The van der Waals surface area contributed by atoms with Crippen LogP contribution in [0.3, 0.4) is 0 Å². The van der Waals surface area contributed by atoms with Crippen LogP contribution in [0, 0.1) is 0 Å². The largest absolute Gasteiger partial charge is 0.300 e. The summed E-state index contributed by atoms with van der Waals surface area (Å²) < 4.78 is 0. The summed E-state index contributed by atoms with van der Waals surface area (Å²) in [6, 6.07) is 11.0. The summed E-state index contributed by atoms with van der Waals surface area (Å²) in [6.07, 6.45) is 8.59. The van der Waals surface area contributed by atoms with Gasteiger partial charge in [-0.1, -0.05) is 48.9 Å². The highest BCUT2D eigenvalue weighted by Crippen LogP contribution is 2.42. The van der Waals surface area contributed by atoms with Crippen molar-refractivity contribution in [3.63, 3.8) is 0 Å². The normalized spacial score (nSPS) is 24.3. The first-order valence-corrected chi connectivity index (χ1v) is 7.10. The SMILES string of the molecule is CCC=C1CCC(c2ccccc2)(N(C)C)CC1. The molecule has 0 aromatic heterocycles. The Balaban J connectivity index is 2.24. The minimum absolute atomic E-state index is 0.242. The van der Waals surface area contributed by atoms with E-state index in [1.54, 1.807) is 5.57 Å². The molecule has 0 N–H and O–H groups in total. The molecule has 1 aromatic carbocycles. The molecule has 2 rings (SSSR count). The Labute approximate surface area is 112 Å². The molecule has 1 aromatic rings. The molecule has 0 aliphatic heterocycles. The lowest BCUT2D eigenvalue weighted by Gasteiger charge is -2.44. The molecule has 1 aliphatic carbocycles. The molecule has 18 heavy (non-hydrogen) atoms. The quantitative estimate of drug-likeness (QED) is 0.713. The number of rotatable bonds is 3. The predicted octanol–water partition coefficient (Wildman–Crippen LogP) is 4.35. The first-order valence-electron chi connectivity index (χ1n) is 7.10. The predicted molar refractivity (Wildman–Crippen MR) is 78.6 cm³/mol. The van der Waals surface area contributed by atoms with Gasteiger partial charge in [-0.3, -0.25) is 4.90 Å². The van der Waals surface area contributed by atoms with Gasteiger partial charge in [0.25, 0.3) is 0 Å². The van der Waals surface area contributed by atoms with Gasteiger partial charge in [0.1, 0.15) is 0 Å². The van der Waals surface area contributed by atoms with E-state index < -0.39 is 0 Å². The van der Waals surface area contributed by atoms with Gasteiger partial charge < -0.3 is 0 Å². The fourth-order valence-corrected chi connectivity index (χ4v) is 3.22. The highest BCUT2D eigenvalue weighted by molar-refractivity contribution is 5.27. The number of benzene rings is 1. The molecule has 0 saturated heterocycles. The van der Waals surface area contributed by atoms with Crippen LogP contribution in [0.2, 0.25) is 0 Å². The number of nitrogens with zero attached hydrogens (tertiary/aromatic N) is 1. The Hall–Kier alpha value is -1.08. The van der Waals surface area contributed by atoms with Crippen molar-refractivity contribution < 1.29 is 0 Å². The number of hydrogen-bond acceptors (Lipinski definition) is 1. The van der Waals surface area contributed by atoms with E-state index in [-0.39, 0.29) is 5.54 Å². The van der Waals surface area contributed by atoms with Crippen molar-refractivity contribution in [3.8, 4) is 0 Å². The molecule has 0 amide bonds. The third-order valence-corrected chi connectivity index (χ3v) is 4.38. The molecule has 0 heterocycles. The van der Waals surface area contributed by atoms with E-state index in [2.05, 4.69) is 62.3 Å². The summed E-state index contributed by atoms with van der Waals surface area (Å²) in [5.74, 6) is 0. The molecule has 98 valence electrons. The maximum absolute atomic E-state index is 2.42. The van der Waals surface area contributed by atoms with Crippen molar-refractivity contribution in [1.29, 1.82) is 0 Å². The summed E-state index contributed by atoms with van der Waals surface area (Å²) in [5.41, 5.74) is 3.38. The van der Waals surface area contributed by atoms with Gasteiger partial charge in [-0.25, -0.2) is 0 Å². The van der Waals surface area contributed by atoms with E-state index in [0.29, 0.717) is 0 Å². The molecule has 1 fully saturated rings. The molecule has 1 saturated carbocycles. The van der Waals surface area contributed by atoms with Gasteiger partial charge >= 0.3 is 0 Å². The molecule has 0 unspecified atom stereocenters. The fourth-order valence-electron chi connectivity index (χ4n) is 3.22. The topological polar surface area (TPSA) is 3.24 Å². The first-order chi connectivity index (χ1) is 8.69. The average Bonchev–Trinajstić information content (AvgIpc) is 2.41. The summed E-state index contributed by atoms with van der Waals surface area (Å²) in [6.45, 7) is 2.23. The second kappa shape index (κ2) is 5.71. The molecule has 0 radical (unpaired) electrons. The smallest absolute Gasteiger partial charge is 0.0460 e. The van der Waals surface area contributed by atoms with Gasteiger partial charge in [-0.05, 0) is 51.8 Å². The Morgan fingerprint density at radius 3 is 2.22 bits per heavy atom. The molecular weight excluding hydrogens is 218 g/mol. The Morgan fingerprint density at radius 2 is 1.72 bits per heavy atom. The zero-order valence-electron chi connectivity index (χ0n) is 11.9. The maximum Gasteiger partial charge on any atom is 0.0460 e. The molecule has 1 nitrogen and oxygen atoms in total. The Kier molecular flexibility index (Phi) is 4.23. The van der Waals surface area contributed by atoms with Crippen molar-refractivity contribution in [2.45, 2.75) is 44.6 Å². The second-order valence-corrected chi connectivity index (χ2v) is 5.56. The highest BCUT2D eigenvalue weighted by Gasteiger charge is 2.36. The molecular formula is C17H25N. The van der Waals surface area contributed by atoms with Crippen LogP contribution < -0.4 is 0 Å². The van der Waals surface area contributed by atoms with Crippen LogP contribution >= 0.6 is 0 Å². The van der Waals surface area contributed by atoms with Crippen LogP contribution in [-0.2, 0) is 5.54 Å². The maximum atomic E-state index is 2.42. The summed E-state index contributed by atoms with van der Waals surface area (Å²) in [4.78, 5) is 2.42. The van der Waals surface area contributed by atoms with Crippen molar-refractivity contribution in [2.75, 3.05) is 14.1 Å². The van der Waals surface area contributed by atoms with E-state index in [4.69, 9.17) is 0 Å². The van der Waals surface area contributed by atoms with Crippen LogP contribution in [0.1, 0.15) is 44.6 Å². The van der Waals surface area contributed by atoms with E-state index in [1.807, 2.05) is 0 Å². The molecule has 0 bridgehead atoms. The lowest BCUT2D eigenvalue weighted by Crippen LogP contribution is -2.43. The van der Waals surface area contributed by atoms with Crippen LogP contribution in [0.25, 0.3) is 0 Å². The summed E-state index contributed by atoms with van der Waals surface area (Å²) in [7, 11) is 4.45. The Morgan fingerprint density at radius 1 is 1.11 bits per heavy atom. The highest BCUT2D eigenvalue weighted by atomic mass is 15.1. The third kappa shape index (κ3) is 2.51. The van der Waals surface area contributed by atoms with Crippen molar-refractivity contribution >= 4 is 0 Å². The van der Waals surface area contributed by atoms with Crippen molar-refractivity contribution in [1.82, 2.24) is 4.90 Å². The summed E-state index contributed by atoms with van der Waals surface area (Å²) in [5, 5.41) is 0. The third-order valence-electron chi connectivity index (χ3n) is 4.38. The second-order valence-electron chi connectivity index (χ2n) is 5.56. The molecule has 1 aliphatic rings. The average molecular weight is 243 g/mol. The van der Waals surface area contributed by atoms with Crippen LogP contribution in [-0.4, -0.2) is 19.0 Å². The van der Waals surface area contributed by atoms with Gasteiger partial charge in [0.15, 0.2) is 0 Å². The van der Waals surface area contributed by atoms with E-state index in [1.165, 1.54) is 37.7 Å². The van der Waals surface area contributed by atoms with Gasteiger partial charge in [0, 0.05) is 5.54 Å².